The van der Waals surface area contributed by atoms with E-state index in [1.807, 2.05) is 34.6 Å². The number of alkyl carbamates (subject to hydrolysis) is 1. The standard InChI is InChI=1S/C13H27NO4/c1-6-17-8-7-13(5,10-15)9-14-11(16)18-12(2,3)4/h15H,6-10H2,1-5H3,(H,14,16). The van der Waals surface area contributed by atoms with Gasteiger partial charge in [-0.25, -0.2) is 4.79 Å². The van der Waals surface area contributed by atoms with E-state index in [9.17, 15) is 9.90 Å². The molecule has 0 saturated heterocycles. The lowest BCUT2D eigenvalue weighted by Crippen LogP contribution is -2.41. The van der Waals surface area contributed by atoms with Crippen LogP contribution in [0.1, 0.15) is 41.0 Å². The molecule has 0 aliphatic carbocycles. The zero-order valence-electron chi connectivity index (χ0n) is 12.2. The second-order valence-electron chi connectivity index (χ2n) is 5.77. The Bertz CT molecular complexity index is 250. The Kier molecular flexibility index (Phi) is 7.25. The zero-order chi connectivity index (χ0) is 14.2. The van der Waals surface area contributed by atoms with Crippen LogP contribution in [0, 0.1) is 5.41 Å². The highest BCUT2D eigenvalue weighted by molar-refractivity contribution is 5.67. The third kappa shape index (κ3) is 8.31. The maximum Gasteiger partial charge on any atom is 0.407 e. The summed E-state index contributed by atoms with van der Waals surface area (Å²) in [5, 5.41) is 12.1. The molecule has 0 bridgehead atoms. The first-order valence-corrected chi connectivity index (χ1v) is 6.38. The molecule has 0 saturated carbocycles. The van der Waals surface area contributed by atoms with Crippen LogP contribution in [-0.2, 0) is 9.47 Å². The van der Waals surface area contributed by atoms with Crippen LogP contribution in [0.3, 0.4) is 0 Å². The molecule has 0 aromatic heterocycles. The number of aliphatic hydroxyl groups excluding tert-OH is 1. The molecule has 0 aromatic carbocycles. The Morgan fingerprint density at radius 3 is 2.33 bits per heavy atom. The van der Waals surface area contributed by atoms with Crippen molar-refractivity contribution in [2.45, 2.75) is 46.6 Å². The third-order valence-electron chi connectivity index (χ3n) is 2.49. The molecule has 0 heterocycles. The van der Waals surface area contributed by atoms with Gasteiger partial charge in [0.25, 0.3) is 0 Å². The van der Waals surface area contributed by atoms with Crippen molar-refractivity contribution in [3.05, 3.63) is 0 Å². The van der Waals surface area contributed by atoms with Gasteiger partial charge in [0.05, 0.1) is 6.61 Å². The lowest BCUT2D eigenvalue weighted by atomic mass is 9.88. The van der Waals surface area contributed by atoms with Gasteiger partial charge < -0.3 is 19.9 Å². The summed E-state index contributed by atoms with van der Waals surface area (Å²) in [5.74, 6) is 0. The van der Waals surface area contributed by atoms with Crippen LogP contribution in [-0.4, -0.2) is 43.2 Å². The highest BCUT2D eigenvalue weighted by Gasteiger charge is 2.25. The fourth-order valence-corrected chi connectivity index (χ4v) is 1.29. The summed E-state index contributed by atoms with van der Waals surface area (Å²) < 4.78 is 10.4. The molecule has 0 aliphatic rings. The SMILES string of the molecule is CCOCCC(C)(CO)CNC(=O)OC(C)(C)C. The maximum absolute atomic E-state index is 11.5. The number of rotatable bonds is 7. The molecule has 5 nitrogen and oxygen atoms in total. The summed E-state index contributed by atoms with van der Waals surface area (Å²) in [6.45, 7) is 10.9. The van der Waals surface area contributed by atoms with Crippen LogP contribution in [0.15, 0.2) is 0 Å². The summed E-state index contributed by atoms with van der Waals surface area (Å²) in [5.41, 5.74) is -0.892. The molecule has 1 amide bonds. The molecule has 5 heteroatoms. The predicted octanol–water partition coefficient (Wildman–Crippen LogP) is 1.94. The van der Waals surface area contributed by atoms with Crippen LogP contribution in [0.25, 0.3) is 0 Å². The van der Waals surface area contributed by atoms with Gasteiger partial charge in [0, 0.05) is 25.2 Å². The minimum atomic E-state index is -0.509. The van der Waals surface area contributed by atoms with Gasteiger partial charge >= 0.3 is 6.09 Å². The molecule has 1 unspecified atom stereocenters. The smallest absolute Gasteiger partial charge is 0.407 e. The zero-order valence-corrected chi connectivity index (χ0v) is 12.2. The molecule has 1 atom stereocenters. The van der Waals surface area contributed by atoms with E-state index in [1.165, 1.54) is 0 Å². The monoisotopic (exact) mass is 261 g/mol. The lowest BCUT2D eigenvalue weighted by Gasteiger charge is -2.28. The summed E-state index contributed by atoms with van der Waals surface area (Å²) in [6.07, 6.45) is 0.228. The number of hydrogen-bond acceptors (Lipinski definition) is 4. The van der Waals surface area contributed by atoms with Gasteiger partial charge in [-0.3, -0.25) is 0 Å². The van der Waals surface area contributed by atoms with Crippen molar-refractivity contribution in [1.29, 1.82) is 0 Å². The Morgan fingerprint density at radius 2 is 1.89 bits per heavy atom. The summed E-state index contributed by atoms with van der Waals surface area (Å²) in [4.78, 5) is 11.5. The topological polar surface area (TPSA) is 67.8 Å². The second kappa shape index (κ2) is 7.59. The van der Waals surface area contributed by atoms with E-state index in [0.717, 1.165) is 0 Å². The van der Waals surface area contributed by atoms with E-state index in [1.54, 1.807) is 0 Å². The number of nitrogens with one attached hydrogen (secondary N) is 1. The first kappa shape index (κ1) is 17.2. The Morgan fingerprint density at radius 1 is 1.28 bits per heavy atom. The Hall–Kier alpha value is -0.810. The number of amides is 1. The van der Waals surface area contributed by atoms with Crippen LogP contribution < -0.4 is 5.32 Å². The van der Waals surface area contributed by atoms with Gasteiger partial charge in [0.1, 0.15) is 5.60 Å². The number of carbonyl (C=O) groups is 1. The van der Waals surface area contributed by atoms with Crippen molar-refractivity contribution in [2.24, 2.45) is 5.41 Å². The highest BCUT2D eigenvalue weighted by atomic mass is 16.6. The molecule has 0 rings (SSSR count). The van der Waals surface area contributed by atoms with Crippen molar-refractivity contribution in [3.63, 3.8) is 0 Å². The van der Waals surface area contributed by atoms with E-state index in [2.05, 4.69) is 5.32 Å². The number of aliphatic hydroxyl groups is 1. The van der Waals surface area contributed by atoms with Gasteiger partial charge in [-0.1, -0.05) is 6.92 Å². The highest BCUT2D eigenvalue weighted by Crippen LogP contribution is 2.19. The third-order valence-corrected chi connectivity index (χ3v) is 2.49. The number of hydrogen-bond donors (Lipinski definition) is 2. The van der Waals surface area contributed by atoms with Gasteiger partial charge in [-0.15, -0.1) is 0 Å². The first-order chi connectivity index (χ1) is 8.22. The predicted molar refractivity (Wildman–Crippen MR) is 70.5 cm³/mol. The van der Waals surface area contributed by atoms with E-state index >= 15 is 0 Å². The van der Waals surface area contributed by atoms with E-state index < -0.39 is 11.7 Å². The minimum Gasteiger partial charge on any atom is -0.444 e. The van der Waals surface area contributed by atoms with Crippen molar-refractivity contribution >= 4 is 6.09 Å². The first-order valence-electron chi connectivity index (χ1n) is 6.38. The summed E-state index contributed by atoms with van der Waals surface area (Å²) in [6, 6.07) is 0. The molecule has 0 radical (unpaired) electrons. The van der Waals surface area contributed by atoms with Crippen molar-refractivity contribution < 1.29 is 19.4 Å². The van der Waals surface area contributed by atoms with Crippen LogP contribution in [0.4, 0.5) is 4.79 Å². The number of carbonyl (C=O) groups excluding carboxylic acids is 1. The Labute approximate surface area is 110 Å². The van der Waals surface area contributed by atoms with Gasteiger partial charge in [-0.2, -0.15) is 0 Å². The van der Waals surface area contributed by atoms with Gasteiger partial charge in [0.2, 0.25) is 0 Å². The number of ether oxygens (including phenoxy) is 2. The second-order valence-corrected chi connectivity index (χ2v) is 5.77. The van der Waals surface area contributed by atoms with Crippen LogP contribution in [0.2, 0.25) is 0 Å². The molecule has 0 spiro atoms. The molecule has 2 N–H and O–H groups in total. The lowest BCUT2D eigenvalue weighted by molar-refractivity contribution is 0.0419. The molecule has 18 heavy (non-hydrogen) atoms. The molecule has 0 aliphatic heterocycles. The van der Waals surface area contributed by atoms with Gasteiger partial charge in [-0.05, 0) is 34.1 Å². The molecule has 0 fully saturated rings. The van der Waals surface area contributed by atoms with E-state index in [0.29, 0.717) is 26.2 Å². The fraction of sp³-hybridized carbons (Fsp3) is 0.923. The normalized spacial score (nSPS) is 15.0. The van der Waals surface area contributed by atoms with E-state index in [4.69, 9.17) is 9.47 Å². The summed E-state index contributed by atoms with van der Waals surface area (Å²) in [7, 11) is 0. The van der Waals surface area contributed by atoms with Crippen LogP contribution >= 0.6 is 0 Å². The fourth-order valence-electron chi connectivity index (χ4n) is 1.29. The summed E-state index contributed by atoms with van der Waals surface area (Å²) >= 11 is 0. The molecule has 108 valence electrons. The van der Waals surface area contributed by atoms with Crippen LogP contribution in [0.5, 0.6) is 0 Å². The van der Waals surface area contributed by atoms with E-state index in [-0.39, 0.29) is 12.0 Å². The maximum atomic E-state index is 11.5. The molecular weight excluding hydrogens is 234 g/mol. The molecule has 0 aromatic rings. The van der Waals surface area contributed by atoms with Crippen molar-refractivity contribution in [1.82, 2.24) is 5.32 Å². The average Bonchev–Trinajstić information content (AvgIpc) is 2.25. The quantitative estimate of drug-likeness (QED) is 0.687. The largest absolute Gasteiger partial charge is 0.444 e. The average molecular weight is 261 g/mol. The minimum absolute atomic E-state index is 0.00410. The van der Waals surface area contributed by atoms with Crippen molar-refractivity contribution in [2.75, 3.05) is 26.4 Å². The Balaban J connectivity index is 4.08. The van der Waals surface area contributed by atoms with Gasteiger partial charge in [0.15, 0.2) is 0 Å². The molecular formula is C13H27NO4. The van der Waals surface area contributed by atoms with Crippen molar-refractivity contribution in [3.8, 4) is 0 Å².